The summed E-state index contributed by atoms with van der Waals surface area (Å²) in [5, 5.41) is 2.79. The summed E-state index contributed by atoms with van der Waals surface area (Å²) in [6.07, 6.45) is 2.33. The first-order chi connectivity index (χ1) is 17.0. The highest BCUT2D eigenvalue weighted by Crippen LogP contribution is 2.26. The average Bonchev–Trinajstić information content (AvgIpc) is 2.82. The fraction of sp³-hybridized carbons (Fsp3) is 0.227. The van der Waals surface area contributed by atoms with Gasteiger partial charge < -0.3 is 9.88 Å². The summed E-state index contributed by atoms with van der Waals surface area (Å²) in [7, 11) is -1.69. The first-order valence-electron chi connectivity index (χ1n) is 10.4. The molecule has 14 heteroatoms. The largest absolute Gasteiger partial charge is 0.352 e. The van der Waals surface area contributed by atoms with Gasteiger partial charge in [0.1, 0.15) is 5.82 Å². The van der Waals surface area contributed by atoms with Gasteiger partial charge in [-0.2, -0.15) is 8.42 Å². The number of carbonyl (C=O) groups excluding carboxylic acids is 1. The Morgan fingerprint density at radius 1 is 1.19 bits per heavy atom. The number of carbonyl (C=O) groups is 1. The van der Waals surface area contributed by atoms with Crippen molar-refractivity contribution < 1.29 is 26.8 Å². The fourth-order valence-electron chi connectivity index (χ4n) is 3.30. The molecular formula is C22H24F2N6O5S. The lowest BCUT2D eigenvalue weighted by Crippen LogP contribution is -2.30. The molecule has 3 aromatic rings. The first kappa shape index (κ1) is 26.7. The van der Waals surface area contributed by atoms with Crippen molar-refractivity contribution in [2.75, 3.05) is 24.2 Å². The minimum Gasteiger partial charge on any atom is -0.352 e. The van der Waals surface area contributed by atoms with Gasteiger partial charge in [0, 0.05) is 30.6 Å². The molecular weight excluding hydrogens is 498 g/mol. The van der Waals surface area contributed by atoms with Gasteiger partial charge in [-0.1, -0.05) is 6.07 Å². The highest BCUT2D eigenvalue weighted by Gasteiger charge is 2.21. The number of amides is 1. The summed E-state index contributed by atoms with van der Waals surface area (Å²) >= 11 is 0. The number of aryl methyl sites for hydroxylation is 1. The van der Waals surface area contributed by atoms with Gasteiger partial charge in [0.05, 0.1) is 30.6 Å². The van der Waals surface area contributed by atoms with E-state index in [2.05, 4.69) is 15.8 Å². The van der Waals surface area contributed by atoms with Crippen molar-refractivity contribution in [3.05, 3.63) is 80.9 Å². The molecule has 0 aliphatic rings. The van der Waals surface area contributed by atoms with Gasteiger partial charge in [0.15, 0.2) is 11.6 Å². The highest BCUT2D eigenvalue weighted by molar-refractivity contribution is 7.90. The van der Waals surface area contributed by atoms with Gasteiger partial charge >= 0.3 is 0 Å². The summed E-state index contributed by atoms with van der Waals surface area (Å²) in [5.41, 5.74) is 2.17. The smallest absolute Gasteiger partial charge is 0.300 e. The molecule has 0 unspecified atom stereocenters. The predicted molar refractivity (Wildman–Crippen MR) is 129 cm³/mol. The third-order valence-corrected chi connectivity index (χ3v) is 6.14. The molecule has 11 nitrogen and oxygen atoms in total. The van der Waals surface area contributed by atoms with Crippen molar-refractivity contribution in [1.82, 2.24) is 19.8 Å². The Balaban J connectivity index is 2.09. The van der Waals surface area contributed by atoms with E-state index in [1.807, 2.05) is 9.44 Å². The maximum absolute atomic E-state index is 15.0. The molecule has 1 aromatic carbocycles. The number of nitrogens with zero attached hydrogens (tertiary/aromatic N) is 2. The van der Waals surface area contributed by atoms with Crippen LogP contribution in [0.4, 0.5) is 26.0 Å². The molecule has 0 bridgehead atoms. The lowest BCUT2D eigenvalue weighted by atomic mass is 10.1. The molecule has 0 radical (unpaired) electrons. The van der Waals surface area contributed by atoms with Gasteiger partial charge in [-0.25, -0.2) is 24.0 Å². The summed E-state index contributed by atoms with van der Waals surface area (Å²) in [5.74, 6) is -2.92. The predicted octanol–water partition coefficient (Wildman–Crippen LogP) is 2.10. The normalized spacial score (nSPS) is 11.3. The second kappa shape index (κ2) is 10.8. The lowest BCUT2D eigenvalue weighted by Gasteiger charge is -2.18. The summed E-state index contributed by atoms with van der Waals surface area (Å²) in [4.78, 5) is 34.2. The second-order valence-corrected chi connectivity index (χ2v) is 9.28. The lowest BCUT2D eigenvalue weighted by molar-refractivity contribution is 0.0537. The first-order valence-corrected chi connectivity index (χ1v) is 11.9. The zero-order valence-electron chi connectivity index (χ0n) is 19.8. The van der Waals surface area contributed by atoms with Crippen LogP contribution in [0.3, 0.4) is 0 Å². The number of hydrogen-bond donors (Lipinski definition) is 4. The Morgan fingerprint density at radius 2 is 1.92 bits per heavy atom. The number of hydroxylamine groups is 1. The van der Waals surface area contributed by atoms with Gasteiger partial charge in [0.25, 0.3) is 21.7 Å². The van der Waals surface area contributed by atoms with Gasteiger partial charge in [-0.3, -0.25) is 19.1 Å². The van der Waals surface area contributed by atoms with Crippen molar-refractivity contribution in [3.63, 3.8) is 0 Å². The number of anilines is 3. The van der Waals surface area contributed by atoms with Gasteiger partial charge in [0.2, 0.25) is 0 Å². The molecule has 0 fully saturated rings. The van der Waals surface area contributed by atoms with E-state index < -0.39 is 39.1 Å². The van der Waals surface area contributed by atoms with Crippen molar-refractivity contribution in [2.45, 2.75) is 20.4 Å². The summed E-state index contributed by atoms with van der Waals surface area (Å²) < 4.78 is 57.9. The maximum atomic E-state index is 15.0. The van der Waals surface area contributed by atoms with Crippen LogP contribution >= 0.6 is 0 Å². The average molecular weight is 523 g/mol. The van der Waals surface area contributed by atoms with Crippen LogP contribution in [0.15, 0.2) is 41.5 Å². The van der Waals surface area contributed by atoms with Crippen LogP contribution in [0.2, 0.25) is 0 Å². The Kier molecular flexibility index (Phi) is 8.02. The molecule has 0 atom stereocenters. The monoisotopic (exact) mass is 522 g/mol. The molecule has 4 N–H and O–H groups in total. The molecule has 192 valence electrons. The summed E-state index contributed by atoms with van der Waals surface area (Å²) in [6, 6.07) is 5.67. The van der Waals surface area contributed by atoms with Crippen LogP contribution in [0.5, 0.6) is 0 Å². The van der Waals surface area contributed by atoms with E-state index in [9.17, 15) is 26.8 Å². The van der Waals surface area contributed by atoms with E-state index in [-0.39, 0.29) is 34.6 Å². The van der Waals surface area contributed by atoms with E-state index in [0.29, 0.717) is 5.56 Å². The molecule has 2 heterocycles. The van der Waals surface area contributed by atoms with Gasteiger partial charge in [-0.05, 0) is 37.6 Å². The quantitative estimate of drug-likeness (QED) is 0.315. The molecule has 0 saturated carbocycles. The molecule has 3 rings (SSSR count). The standard InChI is InChI=1S/C22H24F2N6O5S/c1-12-5-6-17(16(23)9-12)27-19-13(2)22(32)30(11-15(19)21(31)28-35-4)10-14-7-8-26-20(18(14)24)29-36(33,34)25-3/h5-9,11,25,27H,10H2,1-4H3,(H,26,29)(H,28,31). The van der Waals surface area contributed by atoms with E-state index >= 15 is 0 Å². The van der Waals surface area contributed by atoms with Crippen molar-refractivity contribution in [3.8, 4) is 0 Å². The number of halogens is 2. The third-order valence-electron chi connectivity index (χ3n) is 5.14. The molecule has 0 aliphatic heterocycles. The number of benzene rings is 1. The number of aromatic nitrogens is 2. The topological polar surface area (TPSA) is 143 Å². The van der Waals surface area contributed by atoms with Crippen molar-refractivity contribution in [2.24, 2.45) is 0 Å². The molecule has 0 saturated heterocycles. The highest BCUT2D eigenvalue weighted by atomic mass is 32.2. The maximum Gasteiger partial charge on any atom is 0.300 e. The number of hydrogen-bond acceptors (Lipinski definition) is 7. The van der Waals surface area contributed by atoms with E-state index in [0.717, 1.165) is 17.8 Å². The van der Waals surface area contributed by atoms with Crippen LogP contribution in [0, 0.1) is 25.5 Å². The van der Waals surface area contributed by atoms with Crippen LogP contribution < -0.4 is 25.8 Å². The minimum atomic E-state index is -4.04. The van der Waals surface area contributed by atoms with E-state index in [1.165, 1.54) is 38.4 Å². The second-order valence-electron chi connectivity index (χ2n) is 7.66. The fourth-order valence-corrected chi connectivity index (χ4v) is 3.80. The SMILES string of the molecule is CNS(=O)(=O)Nc1nccc(Cn2cc(C(=O)NOC)c(Nc3ccc(C)cc3F)c(C)c2=O)c1F. The molecule has 0 aliphatic carbocycles. The zero-order chi connectivity index (χ0) is 26.6. The van der Waals surface area contributed by atoms with Crippen molar-refractivity contribution in [1.29, 1.82) is 0 Å². The number of nitrogens with one attached hydrogen (secondary N) is 4. The Morgan fingerprint density at radius 3 is 2.56 bits per heavy atom. The van der Waals surface area contributed by atoms with Crippen LogP contribution in [-0.2, 0) is 21.6 Å². The molecule has 2 aromatic heterocycles. The Labute approximate surface area is 205 Å². The Hall–Kier alpha value is -3.88. The third kappa shape index (κ3) is 5.84. The van der Waals surface area contributed by atoms with Crippen LogP contribution in [0.1, 0.15) is 27.0 Å². The van der Waals surface area contributed by atoms with Crippen LogP contribution in [0.25, 0.3) is 0 Å². The van der Waals surface area contributed by atoms with Crippen LogP contribution in [-0.4, -0.2) is 38.0 Å². The van der Waals surface area contributed by atoms with Crippen molar-refractivity contribution >= 4 is 33.3 Å². The summed E-state index contributed by atoms with van der Waals surface area (Å²) in [6.45, 7) is 2.77. The van der Waals surface area contributed by atoms with E-state index in [1.54, 1.807) is 13.0 Å². The zero-order valence-corrected chi connectivity index (χ0v) is 20.6. The minimum absolute atomic E-state index is 0.0335. The molecule has 0 spiro atoms. The Bertz CT molecular complexity index is 1480. The number of pyridine rings is 2. The van der Waals surface area contributed by atoms with E-state index in [4.69, 9.17) is 4.84 Å². The number of rotatable bonds is 9. The molecule has 36 heavy (non-hydrogen) atoms. The van der Waals surface area contributed by atoms with Gasteiger partial charge in [-0.15, -0.1) is 0 Å². The molecule has 1 amide bonds.